The van der Waals surface area contributed by atoms with Gasteiger partial charge in [-0.3, -0.25) is 4.79 Å². The van der Waals surface area contributed by atoms with Gasteiger partial charge in [0.05, 0.1) is 17.4 Å². The Hall–Kier alpha value is -2.75. The summed E-state index contributed by atoms with van der Waals surface area (Å²) < 4.78 is 32.4. The van der Waals surface area contributed by atoms with Gasteiger partial charge < -0.3 is 9.84 Å². The quantitative estimate of drug-likeness (QED) is 0.606. The third kappa shape index (κ3) is 4.95. The maximum atomic E-state index is 12.9. The van der Waals surface area contributed by atoms with Crippen molar-refractivity contribution in [3.8, 4) is 11.4 Å². The maximum absolute atomic E-state index is 12.9. The van der Waals surface area contributed by atoms with Gasteiger partial charge in [-0.05, 0) is 37.1 Å². The van der Waals surface area contributed by atoms with E-state index in [0.717, 1.165) is 5.56 Å². The van der Waals surface area contributed by atoms with Crippen molar-refractivity contribution in [3.05, 3.63) is 65.5 Å². The summed E-state index contributed by atoms with van der Waals surface area (Å²) in [4.78, 5) is 17.1. The van der Waals surface area contributed by atoms with Crippen molar-refractivity contribution in [3.63, 3.8) is 0 Å². The van der Waals surface area contributed by atoms with E-state index >= 15 is 0 Å². The molecule has 10 heteroatoms. The number of nitrogens with one attached hydrogen (secondary N) is 1. The molecule has 1 N–H and O–H groups in total. The van der Waals surface area contributed by atoms with Crippen molar-refractivity contribution in [2.75, 3.05) is 13.1 Å². The standard InChI is InChI=1S/C21H21ClN4O4S/c22-17-8-10-18(11-9-17)31(28,29)26-12-4-7-16(14-26)21(27)23-13-19-24-20(25-30-19)15-5-2-1-3-6-15/h1-3,5-6,8-11,16H,4,7,12-14H2,(H,23,27). The van der Waals surface area contributed by atoms with E-state index in [4.69, 9.17) is 16.1 Å². The molecule has 0 bridgehead atoms. The van der Waals surface area contributed by atoms with Crippen LogP contribution in [0.25, 0.3) is 11.4 Å². The SMILES string of the molecule is O=C(NCc1nc(-c2ccccc2)no1)C1CCCN(S(=O)(=O)c2ccc(Cl)cc2)C1. The van der Waals surface area contributed by atoms with Crippen LogP contribution >= 0.6 is 11.6 Å². The fourth-order valence-electron chi connectivity index (χ4n) is 3.47. The van der Waals surface area contributed by atoms with Crippen LogP contribution in [0.15, 0.2) is 64.0 Å². The number of halogens is 1. The first-order valence-corrected chi connectivity index (χ1v) is 11.7. The van der Waals surface area contributed by atoms with E-state index in [2.05, 4.69) is 15.5 Å². The van der Waals surface area contributed by atoms with Gasteiger partial charge in [0.25, 0.3) is 0 Å². The van der Waals surface area contributed by atoms with Crippen LogP contribution < -0.4 is 5.32 Å². The molecule has 0 saturated carbocycles. The molecule has 8 nitrogen and oxygen atoms in total. The topological polar surface area (TPSA) is 105 Å². The van der Waals surface area contributed by atoms with Crippen LogP contribution in [0.3, 0.4) is 0 Å². The summed E-state index contributed by atoms with van der Waals surface area (Å²) in [6, 6.07) is 15.4. The molecule has 1 fully saturated rings. The number of hydrogen-bond acceptors (Lipinski definition) is 6. The Labute approximate surface area is 185 Å². The molecule has 0 radical (unpaired) electrons. The lowest BCUT2D eigenvalue weighted by Crippen LogP contribution is -2.45. The van der Waals surface area contributed by atoms with E-state index in [1.807, 2.05) is 30.3 Å². The molecule has 1 aliphatic rings. The zero-order valence-corrected chi connectivity index (χ0v) is 18.1. The van der Waals surface area contributed by atoms with Gasteiger partial charge in [-0.25, -0.2) is 8.42 Å². The third-order valence-corrected chi connectivity index (χ3v) is 7.25. The van der Waals surface area contributed by atoms with E-state index in [9.17, 15) is 13.2 Å². The number of rotatable bonds is 6. The maximum Gasteiger partial charge on any atom is 0.246 e. The van der Waals surface area contributed by atoms with Crippen molar-refractivity contribution in [2.45, 2.75) is 24.3 Å². The number of carbonyl (C=O) groups excluding carboxylic acids is 1. The molecule has 0 spiro atoms. The number of nitrogens with zero attached hydrogens (tertiary/aromatic N) is 3. The highest BCUT2D eigenvalue weighted by molar-refractivity contribution is 7.89. The molecule has 1 atom stereocenters. The van der Waals surface area contributed by atoms with Gasteiger partial charge in [0.15, 0.2) is 0 Å². The zero-order valence-electron chi connectivity index (χ0n) is 16.6. The van der Waals surface area contributed by atoms with Crippen LogP contribution in [0.5, 0.6) is 0 Å². The fourth-order valence-corrected chi connectivity index (χ4v) is 5.12. The molecular formula is C21H21ClN4O4S. The van der Waals surface area contributed by atoms with Gasteiger partial charge in [-0.2, -0.15) is 9.29 Å². The predicted molar refractivity (Wildman–Crippen MR) is 115 cm³/mol. The summed E-state index contributed by atoms with van der Waals surface area (Å²) in [5.74, 6) is 0.0409. The second-order valence-corrected chi connectivity index (χ2v) is 9.63. The molecule has 1 aromatic heterocycles. The number of amides is 1. The molecule has 162 valence electrons. The van der Waals surface area contributed by atoms with Gasteiger partial charge in [0, 0.05) is 23.7 Å². The van der Waals surface area contributed by atoms with Crippen molar-refractivity contribution in [2.24, 2.45) is 5.92 Å². The lowest BCUT2D eigenvalue weighted by molar-refractivity contribution is -0.126. The van der Waals surface area contributed by atoms with Crippen LogP contribution in [0.2, 0.25) is 5.02 Å². The molecule has 3 aromatic rings. The minimum absolute atomic E-state index is 0.0824. The van der Waals surface area contributed by atoms with E-state index in [0.29, 0.717) is 30.2 Å². The van der Waals surface area contributed by atoms with Crippen LogP contribution in [-0.2, 0) is 21.4 Å². The molecule has 1 aliphatic heterocycles. The number of hydrogen-bond donors (Lipinski definition) is 1. The summed E-state index contributed by atoms with van der Waals surface area (Å²) in [6.07, 6.45) is 1.21. The molecule has 1 saturated heterocycles. The summed E-state index contributed by atoms with van der Waals surface area (Å²) in [7, 11) is -3.69. The van der Waals surface area contributed by atoms with Gasteiger partial charge in [-0.1, -0.05) is 47.1 Å². The number of benzene rings is 2. The summed E-state index contributed by atoms with van der Waals surface area (Å²) in [6.45, 7) is 0.577. The Morgan fingerprint density at radius 2 is 1.90 bits per heavy atom. The van der Waals surface area contributed by atoms with Gasteiger partial charge >= 0.3 is 0 Å². The van der Waals surface area contributed by atoms with Gasteiger partial charge in [0.2, 0.25) is 27.6 Å². The third-order valence-electron chi connectivity index (χ3n) is 5.12. The van der Waals surface area contributed by atoms with Crippen molar-refractivity contribution < 1.29 is 17.7 Å². The largest absolute Gasteiger partial charge is 0.347 e. The van der Waals surface area contributed by atoms with Gasteiger partial charge in [0.1, 0.15) is 0 Å². The second kappa shape index (κ2) is 9.17. The Bertz CT molecular complexity index is 1150. The lowest BCUT2D eigenvalue weighted by Gasteiger charge is -2.31. The van der Waals surface area contributed by atoms with Crippen molar-refractivity contribution >= 4 is 27.5 Å². The Balaban J connectivity index is 1.37. The molecule has 1 amide bonds. The van der Waals surface area contributed by atoms with E-state index in [-0.39, 0.29) is 29.8 Å². The Morgan fingerprint density at radius 1 is 1.16 bits per heavy atom. The average Bonchev–Trinajstić information content (AvgIpc) is 3.27. The minimum atomic E-state index is -3.69. The van der Waals surface area contributed by atoms with Crippen molar-refractivity contribution in [1.82, 2.24) is 19.8 Å². The number of carbonyl (C=O) groups is 1. The first kappa shape index (κ1) is 21.5. The molecule has 0 aliphatic carbocycles. The highest BCUT2D eigenvalue weighted by atomic mass is 35.5. The van der Waals surface area contributed by atoms with Crippen LogP contribution in [-0.4, -0.2) is 41.9 Å². The number of sulfonamides is 1. The highest BCUT2D eigenvalue weighted by Gasteiger charge is 2.33. The molecule has 2 aromatic carbocycles. The first-order chi connectivity index (χ1) is 14.9. The molecule has 4 rings (SSSR count). The van der Waals surface area contributed by atoms with Crippen LogP contribution in [0.4, 0.5) is 0 Å². The molecular weight excluding hydrogens is 440 g/mol. The van der Waals surface area contributed by atoms with Gasteiger partial charge in [-0.15, -0.1) is 0 Å². The molecule has 1 unspecified atom stereocenters. The Morgan fingerprint density at radius 3 is 2.65 bits per heavy atom. The second-order valence-electron chi connectivity index (χ2n) is 7.25. The van der Waals surface area contributed by atoms with Crippen molar-refractivity contribution in [1.29, 1.82) is 0 Å². The number of piperidine rings is 1. The fraction of sp³-hybridized carbons (Fsp3) is 0.286. The smallest absolute Gasteiger partial charge is 0.246 e. The van der Waals surface area contributed by atoms with E-state index in [1.165, 1.54) is 28.6 Å². The average molecular weight is 461 g/mol. The predicted octanol–water partition coefficient (Wildman–Crippen LogP) is 3.11. The highest BCUT2D eigenvalue weighted by Crippen LogP contribution is 2.25. The van der Waals surface area contributed by atoms with E-state index < -0.39 is 15.9 Å². The first-order valence-electron chi connectivity index (χ1n) is 9.85. The van der Waals surface area contributed by atoms with Crippen LogP contribution in [0.1, 0.15) is 18.7 Å². The van der Waals surface area contributed by atoms with Crippen LogP contribution in [0, 0.1) is 5.92 Å². The monoisotopic (exact) mass is 460 g/mol. The number of aromatic nitrogens is 2. The zero-order chi connectivity index (χ0) is 21.8. The normalized spacial score (nSPS) is 17.4. The summed E-state index contributed by atoms with van der Waals surface area (Å²) in [5.41, 5.74) is 0.819. The molecule has 31 heavy (non-hydrogen) atoms. The molecule has 2 heterocycles. The Kier molecular flexibility index (Phi) is 6.35. The lowest BCUT2D eigenvalue weighted by atomic mass is 9.99. The van der Waals surface area contributed by atoms with E-state index in [1.54, 1.807) is 0 Å². The minimum Gasteiger partial charge on any atom is -0.347 e. The summed E-state index contributed by atoms with van der Waals surface area (Å²) >= 11 is 5.86. The summed E-state index contributed by atoms with van der Waals surface area (Å²) in [5, 5.41) is 7.17.